The molecule has 0 heterocycles. The first-order valence-corrected chi connectivity index (χ1v) is 10.2. The van der Waals surface area contributed by atoms with Gasteiger partial charge in [-0.2, -0.15) is 0 Å². The highest BCUT2D eigenvalue weighted by atomic mass is 16.5. The number of nitrogens with one attached hydrogen (secondary N) is 1. The molecule has 3 rings (SSSR count). The lowest BCUT2D eigenvalue weighted by atomic mass is 10.1. The molecule has 0 saturated heterocycles. The van der Waals surface area contributed by atoms with Crippen LogP contribution in [0.1, 0.15) is 27.9 Å². The molecular formula is C25H27NO5. The van der Waals surface area contributed by atoms with Crippen molar-refractivity contribution >= 4 is 5.91 Å². The Morgan fingerprint density at radius 1 is 0.806 bits per heavy atom. The fraction of sp³-hybridized carbons (Fsp3) is 0.240. The third-order valence-electron chi connectivity index (χ3n) is 4.72. The summed E-state index contributed by atoms with van der Waals surface area (Å²) in [6.45, 7) is 0.198. The predicted octanol–water partition coefficient (Wildman–Crippen LogP) is 3.32. The molecule has 0 unspecified atom stereocenters. The highest BCUT2D eigenvalue weighted by molar-refractivity contribution is 5.98. The number of para-hydroxylation sites is 1. The van der Waals surface area contributed by atoms with Crippen LogP contribution in [0.5, 0.6) is 11.5 Å². The highest BCUT2D eigenvalue weighted by Gasteiger charge is 2.20. The van der Waals surface area contributed by atoms with Crippen LogP contribution in [0.4, 0.5) is 0 Å². The van der Waals surface area contributed by atoms with Crippen molar-refractivity contribution in [3.8, 4) is 11.5 Å². The van der Waals surface area contributed by atoms with Crippen LogP contribution in [-0.2, 0) is 13.2 Å². The quantitative estimate of drug-likeness (QED) is 0.442. The monoisotopic (exact) mass is 421 g/mol. The first kappa shape index (κ1) is 22.3. The van der Waals surface area contributed by atoms with Crippen LogP contribution in [0, 0.1) is 0 Å². The summed E-state index contributed by atoms with van der Waals surface area (Å²) in [7, 11) is 0. The Morgan fingerprint density at radius 3 is 2.00 bits per heavy atom. The average molecular weight is 421 g/mol. The Bertz CT molecular complexity index is 947. The molecular weight excluding hydrogens is 394 g/mol. The first-order chi connectivity index (χ1) is 15.2. The van der Waals surface area contributed by atoms with Gasteiger partial charge in [0, 0.05) is 6.61 Å². The van der Waals surface area contributed by atoms with Crippen LogP contribution in [-0.4, -0.2) is 35.4 Å². The number of carbonyl (C=O) groups is 1. The summed E-state index contributed by atoms with van der Waals surface area (Å²) >= 11 is 0. The van der Waals surface area contributed by atoms with Crippen LogP contribution < -0.4 is 14.8 Å². The van der Waals surface area contributed by atoms with E-state index in [1.165, 1.54) is 0 Å². The summed E-state index contributed by atoms with van der Waals surface area (Å²) in [6, 6.07) is 24.0. The van der Waals surface area contributed by atoms with Gasteiger partial charge in [0.2, 0.25) is 0 Å². The molecule has 0 fully saturated rings. The van der Waals surface area contributed by atoms with Crippen LogP contribution in [0.15, 0.2) is 78.9 Å². The smallest absolute Gasteiger partial charge is 0.255 e. The van der Waals surface area contributed by atoms with E-state index in [4.69, 9.17) is 14.6 Å². The maximum absolute atomic E-state index is 12.9. The number of benzene rings is 3. The Balaban J connectivity index is 1.84. The summed E-state index contributed by atoms with van der Waals surface area (Å²) in [6.07, 6.45) is 0.257. The third-order valence-corrected chi connectivity index (χ3v) is 4.72. The van der Waals surface area contributed by atoms with Crippen LogP contribution in [0.2, 0.25) is 0 Å². The van der Waals surface area contributed by atoms with Gasteiger partial charge in [0.15, 0.2) is 11.5 Å². The normalized spacial score (nSPS) is 11.5. The molecule has 0 aliphatic rings. The van der Waals surface area contributed by atoms with Crippen molar-refractivity contribution in [2.75, 3.05) is 13.2 Å². The standard InChI is InChI=1S/C25H27NO5/c27-15-14-21(16-28)26-25(29)22-12-7-13-23(30-17-19-8-3-1-4-9-19)24(22)31-18-20-10-5-2-6-11-20/h1-13,21,27-28H,14-18H2,(H,26,29)/t21-/m0/s1. The number of amides is 1. The van der Waals surface area contributed by atoms with E-state index in [-0.39, 0.29) is 26.2 Å². The molecule has 0 aliphatic carbocycles. The summed E-state index contributed by atoms with van der Waals surface area (Å²) in [5, 5.41) is 21.3. The molecule has 0 bridgehead atoms. The molecule has 0 aromatic heterocycles. The molecule has 3 aromatic carbocycles. The molecule has 0 spiro atoms. The summed E-state index contributed by atoms with van der Waals surface area (Å²) in [5.41, 5.74) is 2.26. The summed E-state index contributed by atoms with van der Waals surface area (Å²) in [5.74, 6) is 0.385. The van der Waals surface area contributed by atoms with Crippen LogP contribution in [0.25, 0.3) is 0 Å². The van der Waals surface area contributed by atoms with Crippen molar-refractivity contribution in [2.24, 2.45) is 0 Å². The molecule has 1 amide bonds. The number of hydrogen-bond donors (Lipinski definition) is 3. The maximum Gasteiger partial charge on any atom is 0.255 e. The SMILES string of the molecule is O=C(N[C@H](CO)CCO)c1cccc(OCc2ccccc2)c1OCc1ccccc1. The van der Waals surface area contributed by atoms with Crippen molar-refractivity contribution in [1.82, 2.24) is 5.32 Å². The van der Waals surface area contributed by atoms with E-state index in [1.54, 1.807) is 18.2 Å². The van der Waals surface area contributed by atoms with E-state index < -0.39 is 11.9 Å². The number of aliphatic hydroxyl groups is 2. The highest BCUT2D eigenvalue weighted by Crippen LogP contribution is 2.33. The second-order valence-electron chi connectivity index (χ2n) is 7.05. The van der Waals surface area contributed by atoms with Gasteiger partial charge in [-0.1, -0.05) is 66.7 Å². The fourth-order valence-corrected chi connectivity index (χ4v) is 3.05. The lowest BCUT2D eigenvalue weighted by molar-refractivity contribution is 0.0899. The number of aliphatic hydroxyl groups excluding tert-OH is 2. The minimum atomic E-state index is -0.548. The van der Waals surface area contributed by atoms with Crippen molar-refractivity contribution in [3.63, 3.8) is 0 Å². The van der Waals surface area contributed by atoms with E-state index in [1.807, 2.05) is 60.7 Å². The number of rotatable bonds is 11. The van der Waals surface area contributed by atoms with Crippen LogP contribution >= 0.6 is 0 Å². The minimum Gasteiger partial charge on any atom is -0.485 e. The van der Waals surface area contributed by atoms with Gasteiger partial charge in [0.1, 0.15) is 13.2 Å². The van der Waals surface area contributed by atoms with Gasteiger partial charge in [0.25, 0.3) is 5.91 Å². The molecule has 0 radical (unpaired) electrons. The number of carbonyl (C=O) groups excluding carboxylic acids is 1. The molecule has 6 nitrogen and oxygen atoms in total. The zero-order valence-electron chi connectivity index (χ0n) is 17.2. The van der Waals surface area contributed by atoms with Crippen molar-refractivity contribution in [2.45, 2.75) is 25.7 Å². The van der Waals surface area contributed by atoms with Crippen molar-refractivity contribution in [3.05, 3.63) is 95.6 Å². The molecule has 31 heavy (non-hydrogen) atoms. The summed E-state index contributed by atoms with van der Waals surface area (Å²) < 4.78 is 12.0. The predicted molar refractivity (Wildman–Crippen MR) is 118 cm³/mol. The van der Waals surface area contributed by atoms with Gasteiger partial charge in [-0.25, -0.2) is 0 Å². The molecule has 0 saturated carbocycles. The lowest BCUT2D eigenvalue weighted by Crippen LogP contribution is -2.38. The Morgan fingerprint density at radius 2 is 1.42 bits per heavy atom. The number of ether oxygens (including phenoxy) is 2. The molecule has 0 aliphatic heterocycles. The molecule has 3 aromatic rings. The van der Waals surface area contributed by atoms with Gasteiger partial charge in [-0.05, 0) is 29.7 Å². The minimum absolute atomic E-state index is 0.136. The van der Waals surface area contributed by atoms with Crippen LogP contribution in [0.3, 0.4) is 0 Å². The van der Waals surface area contributed by atoms with E-state index >= 15 is 0 Å². The topological polar surface area (TPSA) is 88.0 Å². The second kappa shape index (κ2) is 11.7. The van der Waals surface area contributed by atoms with Gasteiger partial charge in [0.05, 0.1) is 18.2 Å². The van der Waals surface area contributed by atoms with Gasteiger partial charge >= 0.3 is 0 Å². The lowest BCUT2D eigenvalue weighted by Gasteiger charge is -2.19. The van der Waals surface area contributed by atoms with Gasteiger partial charge < -0.3 is 25.0 Å². The van der Waals surface area contributed by atoms with E-state index in [9.17, 15) is 9.90 Å². The van der Waals surface area contributed by atoms with Crippen molar-refractivity contribution < 1.29 is 24.5 Å². The second-order valence-corrected chi connectivity index (χ2v) is 7.05. The van der Waals surface area contributed by atoms with Gasteiger partial charge in [-0.3, -0.25) is 4.79 Å². The van der Waals surface area contributed by atoms with E-state index in [2.05, 4.69) is 5.32 Å². The molecule has 1 atom stereocenters. The zero-order chi connectivity index (χ0) is 21.9. The van der Waals surface area contributed by atoms with E-state index in [0.717, 1.165) is 11.1 Å². The Labute approximate surface area is 182 Å². The molecule has 3 N–H and O–H groups in total. The van der Waals surface area contributed by atoms with E-state index in [0.29, 0.717) is 23.7 Å². The Kier molecular flexibility index (Phi) is 8.46. The first-order valence-electron chi connectivity index (χ1n) is 10.2. The maximum atomic E-state index is 12.9. The largest absolute Gasteiger partial charge is 0.485 e. The Hall–Kier alpha value is -3.35. The molecule has 162 valence electrons. The third kappa shape index (κ3) is 6.57. The summed E-state index contributed by atoms with van der Waals surface area (Å²) in [4.78, 5) is 12.9. The zero-order valence-corrected chi connectivity index (χ0v) is 17.2. The number of hydrogen-bond acceptors (Lipinski definition) is 5. The molecule has 6 heteroatoms. The average Bonchev–Trinajstić information content (AvgIpc) is 2.82. The fourth-order valence-electron chi connectivity index (χ4n) is 3.05. The van der Waals surface area contributed by atoms with Gasteiger partial charge in [-0.15, -0.1) is 0 Å². The van der Waals surface area contributed by atoms with Crippen molar-refractivity contribution in [1.29, 1.82) is 0 Å².